The zero-order valence-electron chi connectivity index (χ0n) is 18.7. The number of anilines is 1. The van der Waals surface area contributed by atoms with Crippen LogP contribution in [0.25, 0.3) is 0 Å². The number of rotatable bonds is 6. The summed E-state index contributed by atoms with van der Waals surface area (Å²) in [5.41, 5.74) is 1.77. The Bertz CT molecular complexity index is 1060. The number of esters is 1. The fraction of sp³-hybridized carbons (Fsp3) is 0.333. The van der Waals surface area contributed by atoms with E-state index in [1.165, 1.54) is 0 Å². The highest BCUT2D eigenvalue weighted by molar-refractivity contribution is 6.32. The molecule has 0 aliphatic carbocycles. The van der Waals surface area contributed by atoms with Crippen molar-refractivity contribution in [3.05, 3.63) is 64.7 Å². The van der Waals surface area contributed by atoms with E-state index in [-0.39, 0.29) is 13.0 Å². The lowest BCUT2D eigenvalue weighted by Crippen LogP contribution is -2.33. The lowest BCUT2D eigenvalue weighted by molar-refractivity contribution is -0.153. The molecule has 174 valence electrons. The predicted molar refractivity (Wildman–Crippen MR) is 126 cm³/mol. The van der Waals surface area contributed by atoms with Crippen molar-refractivity contribution in [2.45, 2.75) is 45.4 Å². The molecule has 9 heteroatoms. The molecule has 0 aromatic heterocycles. The molecule has 1 heterocycles. The average Bonchev–Trinajstić information content (AvgIpc) is 2.87. The number of carbonyl (C=O) groups is 3. The standard InChI is InChI=1S/C24H26ClN3O5/c1-24(2,3)33-23(31)26-13-7-10-19(29)32-22-21(30)27-18-12-11-16(25)14-17(18)20(28-22)15-8-5-4-6-9-15/h4-6,8-9,11-12,14,22H,7,10,13H2,1-3H3,(H,26,31)(H,27,30). The zero-order chi connectivity index (χ0) is 24.0. The van der Waals surface area contributed by atoms with Crippen LogP contribution < -0.4 is 10.6 Å². The van der Waals surface area contributed by atoms with E-state index >= 15 is 0 Å². The Labute approximate surface area is 197 Å². The Kier molecular flexibility index (Phi) is 7.71. The van der Waals surface area contributed by atoms with E-state index in [9.17, 15) is 14.4 Å². The van der Waals surface area contributed by atoms with Crippen LogP contribution in [0, 0.1) is 0 Å². The van der Waals surface area contributed by atoms with Crippen LogP contribution in [-0.2, 0) is 19.1 Å². The first-order valence-corrected chi connectivity index (χ1v) is 10.9. The molecule has 33 heavy (non-hydrogen) atoms. The van der Waals surface area contributed by atoms with Gasteiger partial charge in [0.05, 0.1) is 11.4 Å². The number of hydrogen-bond acceptors (Lipinski definition) is 6. The van der Waals surface area contributed by atoms with Gasteiger partial charge in [-0.05, 0) is 45.4 Å². The smallest absolute Gasteiger partial charge is 0.407 e. The highest BCUT2D eigenvalue weighted by atomic mass is 35.5. The van der Waals surface area contributed by atoms with Crippen molar-refractivity contribution in [3.8, 4) is 0 Å². The Morgan fingerprint density at radius 1 is 1.15 bits per heavy atom. The van der Waals surface area contributed by atoms with E-state index in [0.29, 0.717) is 28.4 Å². The van der Waals surface area contributed by atoms with Gasteiger partial charge in [0.25, 0.3) is 12.1 Å². The number of nitrogens with one attached hydrogen (secondary N) is 2. The highest BCUT2D eigenvalue weighted by Gasteiger charge is 2.29. The third-order valence-electron chi connectivity index (χ3n) is 4.48. The molecule has 2 aromatic carbocycles. The maximum Gasteiger partial charge on any atom is 0.407 e. The van der Waals surface area contributed by atoms with Gasteiger partial charge in [0, 0.05) is 29.1 Å². The highest BCUT2D eigenvalue weighted by Crippen LogP contribution is 2.27. The molecule has 0 bridgehead atoms. The quantitative estimate of drug-likeness (QED) is 0.482. The molecule has 2 aromatic rings. The number of benzene rings is 2. The minimum Gasteiger partial charge on any atom is -0.444 e. The number of fused-ring (bicyclic) bond motifs is 1. The second kappa shape index (κ2) is 10.5. The lowest BCUT2D eigenvalue weighted by atomic mass is 10.0. The van der Waals surface area contributed by atoms with Gasteiger partial charge in [-0.15, -0.1) is 0 Å². The lowest BCUT2D eigenvalue weighted by Gasteiger charge is -2.19. The molecule has 1 atom stereocenters. The molecule has 0 saturated carbocycles. The van der Waals surface area contributed by atoms with Crippen molar-refractivity contribution in [3.63, 3.8) is 0 Å². The summed E-state index contributed by atoms with van der Waals surface area (Å²) in [5, 5.41) is 5.81. The molecule has 1 aliphatic rings. The minimum atomic E-state index is -1.36. The van der Waals surface area contributed by atoms with Crippen LogP contribution in [0.5, 0.6) is 0 Å². The summed E-state index contributed by atoms with van der Waals surface area (Å²) in [4.78, 5) is 41.2. The van der Waals surface area contributed by atoms with Crippen LogP contribution in [0.1, 0.15) is 44.7 Å². The van der Waals surface area contributed by atoms with Gasteiger partial charge in [-0.2, -0.15) is 0 Å². The van der Waals surface area contributed by atoms with Crippen molar-refractivity contribution >= 4 is 41.0 Å². The molecule has 0 spiro atoms. The third kappa shape index (κ3) is 7.05. The minimum absolute atomic E-state index is 0.00541. The SMILES string of the molecule is CC(C)(C)OC(=O)NCCCC(=O)OC1N=C(c2ccccc2)c2cc(Cl)ccc2NC1=O. The van der Waals surface area contributed by atoms with Gasteiger partial charge in [-0.25, -0.2) is 9.79 Å². The molecule has 2 N–H and O–H groups in total. The van der Waals surface area contributed by atoms with Crippen LogP contribution in [0.3, 0.4) is 0 Å². The van der Waals surface area contributed by atoms with Crippen molar-refractivity contribution < 1.29 is 23.9 Å². The zero-order valence-corrected chi connectivity index (χ0v) is 19.4. The number of carbonyl (C=O) groups excluding carboxylic acids is 3. The van der Waals surface area contributed by atoms with E-state index in [1.807, 2.05) is 30.3 Å². The molecule has 3 rings (SSSR count). The fourth-order valence-electron chi connectivity index (χ4n) is 3.09. The summed E-state index contributed by atoms with van der Waals surface area (Å²) in [6.07, 6.45) is -1.61. The first-order valence-electron chi connectivity index (χ1n) is 10.5. The van der Waals surface area contributed by atoms with E-state index in [2.05, 4.69) is 15.6 Å². The second-order valence-electron chi connectivity index (χ2n) is 8.40. The van der Waals surface area contributed by atoms with Crippen LogP contribution in [-0.4, -0.2) is 42.1 Å². The van der Waals surface area contributed by atoms with Gasteiger partial charge in [0.1, 0.15) is 5.60 Å². The van der Waals surface area contributed by atoms with E-state index in [4.69, 9.17) is 21.1 Å². The Hall–Kier alpha value is -3.39. The van der Waals surface area contributed by atoms with Gasteiger partial charge in [0.15, 0.2) is 0 Å². The van der Waals surface area contributed by atoms with Gasteiger partial charge < -0.3 is 20.1 Å². The number of hydrogen-bond donors (Lipinski definition) is 2. The fourth-order valence-corrected chi connectivity index (χ4v) is 3.26. The molecule has 0 fully saturated rings. The summed E-state index contributed by atoms with van der Waals surface area (Å²) in [6.45, 7) is 5.51. The number of aliphatic imine (C=N–C) groups is 1. The Morgan fingerprint density at radius 3 is 2.58 bits per heavy atom. The largest absolute Gasteiger partial charge is 0.444 e. The summed E-state index contributed by atoms with van der Waals surface area (Å²) >= 11 is 6.18. The number of nitrogens with zero attached hydrogens (tertiary/aromatic N) is 1. The van der Waals surface area contributed by atoms with Crippen molar-refractivity contribution in [2.75, 3.05) is 11.9 Å². The number of ether oxygens (including phenoxy) is 2. The maximum absolute atomic E-state index is 12.7. The Morgan fingerprint density at radius 2 is 1.88 bits per heavy atom. The molecule has 2 amide bonds. The summed E-state index contributed by atoms with van der Waals surface area (Å²) in [6, 6.07) is 14.3. The molecular weight excluding hydrogens is 446 g/mol. The summed E-state index contributed by atoms with van der Waals surface area (Å²) < 4.78 is 10.5. The third-order valence-corrected chi connectivity index (χ3v) is 4.72. The second-order valence-corrected chi connectivity index (χ2v) is 8.83. The van der Waals surface area contributed by atoms with Crippen LogP contribution in [0.4, 0.5) is 10.5 Å². The van der Waals surface area contributed by atoms with E-state index in [1.54, 1.807) is 39.0 Å². The molecule has 1 aliphatic heterocycles. The molecular formula is C24H26ClN3O5. The normalized spacial score (nSPS) is 15.5. The maximum atomic E-state index is 12.7. The van der Waals surface area contributed by atoms with Gasteiger partial charge >= 0.3 is 12.1 Å². The van der Waals surface area contributed by atoms with Gasteiger partial charge in [0.2, 0.25) is 0 Å². The first-order chi connectivity index (χ1) is 15.6. The number of alkyl carbamates (subject to hydrolysis) is 1. The van der Waals surface area contributed by atoms with Crippen LogP contribution >= 0.6 is 11.6 Å². The predicted octanol–water partition coefficient (Wildman–Crippen LogP) is 4.30. The van der Waals surface area contributed by atoms with E-state index in [0.717, 1.165) is 5.56 Å². The van der Waals surface area contributed by atoms with E-state index < -0.39 is 29.8 Å². The monoisotopic (exact) mass is 471 g/mol. The number of amides is 2. The summed E-state index contributed by atoms with van der Waals surface area (Å²) in [5.74, 6) is -1.17. The first kappa shape index (κ1) is 24.3. The van der Waals surface area contributed by atoms with Crippen molar-refractivity contribution in [1.29, 1.82) is 0 Å². The van der Waals surface area contributed by atoms with Gasteiger partial charge in [-0.3, -0.25) is 9.59 Å². The van der Waals surface area contributed by atoms with Crippen molar-refractivity contribution in [1.82, 2.24) is 5.32 Å². The summed E-state index contributed by atoms with van der Waals surface area (Å²) in [7, 11) is 0. The number of benzodiazepines with no additional fused rings is 1. The molecule has 8 nitrogen and oxygen atoms in total. The van der Waals surface area contributed by atoms with Crippen molar-refractivity contribution in [2.24, 2.45) is 4.99 Å². The topological polar surface area (TPSA) is 106 Å². The van der Waals surface area contributed by atoms with Crippen LogP contribution in [0.2, 0.25) is 5.02 Å². The number of halogens is 1. The average molecular weight is 472 g/mol. The van der Waals surface area contributed by atoms with Crippen LogP contribution in [0.15, 0.2) is 53.5 Å². The molecule has 1 unspecified atom stereocenters. The Balaban J connectivity index is 1.69. The molecule has 0 radical (unpaired) electrons. The molecule has 0 saturated heterocycles. The van der Waals surface area contributed by atoms with Gasteiger partial charge in [-0.1, -0.05) is 41.9 Å².